The van der Waals surface area contributed by atoms with Gasteiger partial charge < -0.3 is 29.0 Å². The van der Waals surface area contributed by atoms with E-state index in [4.69, 9.17) is 9.15 Å². The summed E-state index contributed by atoms with van der Waals surface area (Å²) in [5.41, 5.74) is 3.48. The zero-order chi connectivity index (χ0) is 32.9. The zero-order valence-electron chi connectivity index (χ0n) is 24.8. The first-order valence-corrected chi connectivity index (χ1v) is 14.6. The van der Waals surface area contributed by atoms with Crippen LogP contribution in [0.2, 0.25) is 0 Å². The molecule has 47 heavy (non-hydrogen) atoms. The number of rotatable bonds is 11. The molecule has 0 aliphatic heterocycles. The minimum Gasteiger partial charge on any atom is -0.480 e. The summed E-state index contributed by atoms with van der Waals surface area (Å²) in [5, 5.41) is 14.4. The van der Waals surface area contributed by atoms with Crippen LogP contribution in [0.15, 0.2) is 94.4 Å². The quantitative estimate of drug-likeness (QED) is 0.195. The molecule has 1 aliphatic carbocycles. The van der Waals surface area contributed by atoms with Gasteiger partial charge in [-0.05, 0) is 34.4 Å². The molecule has 238 valence electrons. The lowest BCUT2D eigenvalue weighted by Gasteiger charge is -2.21. The van der Waals surface area contributed by atoms with Crippen LogP contribution >= 0.6 is 0 Å². The van der Waals surface area contributed by atoms with Gasteiger partial charge in [-0.25, -0.2) is 14.6 Å². The average molecular weight is 637 g/mol. The Morgan fingerprint density at radius 3 is 2.28 bits per heavy atom. The number of fused-ring (bicyclic) bond motifs is 4. The number of carboxylic acid groups (broad SMARTS) is 1. The Hall–Kier alpha value is -6.31. The van der Waals surface area contributed by atoms with Gasteiger partial charge in [-0.3, -0.25) is 19.7 Å². The molecule has 3 amide bonds. The average Bonchev–Trinajstić information content (AvgIpc) is 3.62. The topological polar surface area (TPSA) is 186 Å². The lowest BCUT2D eigenvalue weighted by Crippen LogP contribution is -2.42. The largest absolute Gasteiger partial charge is 0.480 e. The molecule has 14 nitrogen and oxygen atoms in total. The van der Waals surface area contributed by atoms with Crippen LogP contribution in [0.3, 0.4) is 0 Å². The number of aromatic nitrogens is 3. The maximum Gasteiger partial charge on any atom is 0.407 e. The van der Waals surface area contributed by atoms with Gasteiger partial charge in [0.05, 0.1) is 6.33 Å². The van der Waals surface area contributed by atoms with E-state index in [0.717, 1.165) is 27.2 Å². The van der Waals surface area contributed by atoms with Gasteiger partial charge >= 0.3 is 23.7 Å². The lowest BCUT2D eigenvalue weighted by atomic mass is 9.98. The summed E-state index contributed by atoms with van der Waals surface area (Å²) in [7, 11) is 0. The van der Waals surface area contributed by atoms with Crippen molar-refractivity contribution in [1.82, 2.24) is 24.8 Å². The Morgan fingerprint density at radius 2 is 1.60 bits per heavy atom. The summed E-state index contributed by atoms with van der Waals surface area (Å²) in [4.78, 5) is 71.5. The molecule has 6 rings (SSSR count). The van der Waals surface area contributed by atoms with Crippen molar-refractivity contribution in [2.75, 3.05) is 31.6 Å². The molecule has 1 aliphatic rings. The maximum absolute atomic E-state index is 13.2. The molecular formula is C33H28N6O8. The highest BCUT2D eigenvalue weighted by Gasteiger charge is 2.29. The molecule has 2 heterocycles. The molecule has 3 N–H and O–H groups in total. The van der Waals surface area contributed by atoms with Gasteiger partial charge in [0, 0.05) is 24.6 Å². The molecule has 0 radical (unpaired) electrons. The van der Waals surface area contributed by atoms with Gasteiger partial charge in [-0.1, -0.05) is 66.7 Å². The van der Waals surface area contributed by atoms with E-state index in [-0.39, 0.29) is 36.8 Å². The molecular weight excluding hydrogens is 608 g/mol. The van der Waals surface area contributed by atoms with Crippen LogP contribution in [-0.2, 0) is 20.9 Å². The Labute approximate surface area is 266 Å². The van der Waals surface area contributed by atoms with Crippen molar-refractivity contribution in [3.8, 4) is 11.1 Å². The van der Waals surface area contributed by atoms with E-state index in [1.54, 1.807) is 30.3 Å². The number of hydrogen-bond donors (Lipinski definition) is 3. The van der Waals surface area contributed by atoms with E-state index in [2.05, 4.69) is 20.6 Å². The van der Waals surface area contributed by atoms with Crippen LogP contribution in [0, 0.1) is 0 Å². The van der Waals surface area contributed by atoms with Crippen molar-refractivity contribution in [1.29, 1.82) is 0 Å². The van der Waals surface area contributed by atoms with E-state index in [1.807, 2.05) is 48.5 Å². The Morgan fingerprint density at radius 1 is 0.936 bits per heavy atom. The SMILES string of the molecule is O=C(O)CN(CCNC(=O)OCC1c2ccccc2-c2ccccc21)C(=O)Cn1cnc2c(=O)oc(NC(=O)c3ccccc3)nc21. The third kappa shape index (κ3) is 6.71. The highest BCUT2D eigenvalue weighted by molar-refractivity contribution is 6.03. The molecule has 0 bridgehead atoms. The highest BCUT2D eigenvalue weighted by Crippen LogP contribution is 2.44. The van der Waals surface area contributed by atoms with Gasteiger partial charge in [-0.2, -0.15) is 4.98 Å². The standard InChI is InChI=1S/C33H28N6O8/c40-26(16-39-19-35-28-29(39)36-32(47-31(28)44)37-30(43)20-8-2-1-3-9-20)38(17-27(41)42)15-14-34-33(45)46-18-25-23-12-6-4-10-21(23)22-11-5-7-13-24(22)25/h1-13,19,25H,14-18H2,(H,34,45)(H,41,42)(H,36,37,43). The number of hydrogen-bond acceptors (Lipinski definition) is 9. The monoisotopic (exact) mass is 636 g/mol. The Bertz CT molecular complexity index is 1990. The number of carbonyl (C=O) groups is 4. The van der Waals surface area contributed by atoms with Gasteiger partial charge in [0.15, 0.2) is 11.2 Å². The molecule has 0 atom stereocenters. The van der Waals surface area contributed by atoms with E-state index < -0.39 is 48.6 Å². The summed E-state index contributed by atoms with van der Waals surface area (Å²) in [6.45, 7) is -1.21. The van der Waals surface area contributed by atoms with Crippen molar-refractivity contribution >= 4 is 41.1 Å². The number of anilines is 1. The summed E-state index contributed by atoms with van der Waals surface area (Å²) in [5.74, 6) is -2.61. The predicted molar refractivity (Wildman–Crippen MR) is 168 cm³/mol. The number of carboxylic acids is 1. The number of benzene rings is 3. The molecule has 0 saturated carbocycles. The zero-order valence-corrected chi connectivity index (χ0v) is 24.8. The van der Waals surface area contributed by atoms with Gasteiger partial charge in [0.2, 0.25) is 5.91 Å². The second-order valence-corrected chi connectivity index (χ2v) is 10.6. The molecule has 14 heteroatoms. The van der Waals surface area contributed by atoms with E-state index >= 15 is 0 Å². The van der Waals surface area contributed by atoms with Crippen LogP contribution in [-0.4, -0.2) is 74.7 Å². The van der Waals surface area contributed by atoms with Crippen LogP contribution in [0.25, 0.3) is 22.3 Å². The van der Waals surface area contributed by atoms with Gasteiger partial charge in [-0.15, -0.1) is 0 Å². The number of aliphatic carboxylic acids is 1. The number of carbonyl (C=O) groups excluding carboxylic acids is 3. The van der Waals surface area contributed by atoms with Crippen LogP contribution in [0.4, 0.5) is 10.8 Å². The Kier molecular flexibility index (Phi) is 8.73. The second kappa shape index (κ2) is 13.4. The maximum atomic E-state index is 13.2. The highest BCUT2D eigenvalue weighted by atomic mass is 16.5. The molecule has 0 saturated heterocycles. The number of nitrogens with zero attached hydrogens (tertiary/aromatic N) is 4. The van der Waals surface area contributed by atoms with E-state index in [1.165, 1.54) is 10.9 Å². The van der Waals surface area contributed by atoms with Crippen LogP contribution in [0.1, 0.15) is 27.4 Å². The number of amides is 3. The normalized spacial score (nSPS) is 11.8. The van der Waals surface area contributed by atoms with Crippen molar-refractivity contribution in [2.24, 2.45) is 0 Å². The van der Waals surface area contributed by atoms with Gasteiger partial charge in [0.1, 0.15) is 19.7 Å². The van der Waals surface area contributed by atoms with Crippen molar-refractivity contribution < 1.29 is 33.4 Å². The molecule has 0 unspecified atom stereocenters. The van der Waals surface area contributed by atoms with Gasteiger partial charge in [0.25, 0.3) is 5.91 Å². The molecule has 5 aromatic rings. The third-order valence-corrected chi connectivity index (χ3v) is 7.64. The van der Waals surface area contributed by atoms with E-state index in [9.17, 15) is 29.1 Å². The summed E-state index contributed by atoms with van der Waals surface area (Å²) < 4.78 is 11.8. The third-order valence-electron chi connectivity index (χ3n) is 7.64. The fraction of sp³-hybridized carbons (Fsp3) is 0.182. The predicted octanol–water partition coefficient (Wildman–Crippen LogP) is 3.09. The van der Waals surface area contributed by atoms with Crippen molar-refractivity contribution in [2.45, 2.75) is 12.5 Å². The molecule has 2 aromatic heterocycles. The summed E-state index contributed by atoms with van der Waals surface area (Å²) in [6, 6.07) is 23.7. The summed E-state index contributed by atoms with van der Waals surface area (Å²) in [6.07, 6.45) is 0.472. The first kappa shape index (κ1) is 30.7. The Balaban J connectivity index is 1.07. The minimum absolute atomic E-state index is 0.0509. The number of ether oxygens (including phenoxy) is 1. The number of imidazole rings is 1. The smallest absolute Gasteiger partial charge is 0.407 e. The number of nitrogens with one attached hydrogen (secondary N) is 2. The number of alkyl carbamates (subject to hydrolysis) is 1. The fourth-order valence-corrected chi connectivity index (χ4v) is 5.46. The second-order valence-electron chi connectivity index (χ2n) is 10.6. The van der Waals surface area contributed by atoms with E-state index in [0.29, 0.717) is 5.56 Å². The molecule has 3 aromatic carbocycles. The molecule has 0 spiro atoms. The van der Waals surface area contributed by atoms with Crippen LogP contribution < -0.4 is 16.3 Å². The fourth-order valence-electron chi connectivity index (χ4n) is 5.46. The van der Waals surface area contributed by atoms with Crippen molar-refractivity contribution in [3.05, 3.63) is 112 Å². The molecule has 0 fully saturated rings. The van der Waals surface area contributed by atoms with Crippen molar-refractivity contribution in [3.63, 3.8) is 0 Å². The first-order chi connectivity index (χ1) is 22.8. The minimum atomic E-state index is -1.26. The first-order valence-electron chi connectivity index (χ1n) is 14.6. The van der Waals surface area contributed by atoms with Crippen LogP contribution in [0.5, 0.6) is 0 Å². The lowest BCUT2D eigenvalue weighted by molar-refractivity contribution is -0.144. The summed E-state index contributed by atoms with van der Waals surface area (Å²) >= 11 is 0.